The molecule has 2 saturated heterocycles. The Morgan fingerprint density at radius 2 is 1.86 bits per heavy atom. The minimum absolute atomic E-state index is 0.172. The number of rotatable bonds is 3. The second kappa shape index (κ2) is 8.54. The molecule has 5 heterocycles. The molecular formula is C28H33N5O3. The van der Waals surface area contributed by atoms with Crippen molar-refractivity contribution in [3.63, 3.8) is 0 Å². The Labute approximate surface area is 211 Å². The molecule has 188 valence electrons. The molecular weight excluding hydrogens is 454 g/mol. The number of carbonyl (C=O) groups is 1. The number of anilines is 1. The van der Waals surface area contributed by atoms with Gasteiger partial charge in [-0.2, -0.15) is 5.10 Å². The average molecular weight is 488 g/mol. The highest BCUT2D eigenvalue weighted by molar-refractivity contribution is 5.79. The largest absolute Gasteiger partial charge is 0.487 e. The van der Waals surface area contributed by atoms with Crippen molar-refractivity contribution in [3.05, 3.63) is 48.4 Å². The number of pyridine rings is 1. The van der Waals surface area contributed by atoms with Crippen LogP contribution in [0.25, 0.3) is 22.3 Å². The Morgan fingerprint density at radius 3 is 2.56 bits per heavy atom. The zero-order chi connectivity index (χ0) is 25.0. The van der Waals surface area contributed by atoms with E-state index in [0.717, 1.165) is 65.2 Å². The molecule has 3 aliphatic rings. The van der Waals surface area contributed by atoms with Crippen LogP contribution in [0.2, 0.25) is 0 Å². The summed E-state index contributed by atoms with van der Waals surface area (Å²) in [7, 11) is 2.12. The van der Waals surface area contributed by atoms with Crippen molar-refractivity contribution in [3.8, 4) is 28.0 Å². The van der Waals surface area contributed by atoms with Gasteiger partial charge in [0.2, 0.25) is 0 Å². The molecule has 2 fully saturated rings. The van der Waals surface area contributed by atoms with Crippen LogP contribution < -0.4 is 9.64 Å². The minimum Gasteiger partial charge on any atom is -0.487 e. The summed E-state index contributed by atoms with van der Waals surface area (Å²) >= 11 is 0. The number of aromatic nitrogens is 3. The number of amides is 1. The second-order valence-corrected chi connectivity index (χ2v) is 11.2. The molecule has 1 unspecified atom stereocenters. The highest BCUT2D eigenvalue weighted by Gasteiger charge is 2.46. The van der Waals surface area contributed by atoms with Crippen LogP contribution in [0.15, 0.2) is 42.7 Å². The van der Waals surface area contributed by atoms with Gasteiger partial charge in [-0.25, -0.2) is 9.78 Å². The molecule has 1 aromatic carbocycles. The fourth-order valence-electron chi connectivity index (χ4n) is 5.90. The van der Waals surface area contributed by atoms with Gasteiger partial charge in [-0.1, -0.05) is 6.07 Å². The monoisotopic (exact) mass is 487 g/mol. The molecule has 8 heteroatoms. The fraction of sp³-hybridized carbons (Fsp3) is 0.464. The number of carbonyl (C=O) groups excluding carboxylic acids is 1. The van der Waals surface area contributed by atoms with E-state index in [1.54, 1.807) is 0 Å². The zero-order valence-corrected chi connectivity index (χ0v) is 21.3. The first kappa shape index (κ1) is 22.9. The first-order chi connectivity index (χ1) is 17.3. The third-order valence-corrected chi connectivity index (χ3v) is 7.65. The quantitative estimate of drug-likeness (QED) is 0.533. The second-order valence-electron chi connectivity index (χ2n) is 11.2. The van der Waals surface area contributed by atoms with Crippen LogP contribution in [0.5, 0.6) is 5.75 Å². The third kappa shape index (κ3) is 4.08. The van der Waals surface area contributed by atoms with E-state index in [-0.39, 0.29) is 18.2 Å². The summed E-state index contributed by atoms with van der Waals surface area (Å²) in [5.41, 5.74) is 4.77. The van der Waals surface area contributed by atoms with E-state index in [1.807, 2.05) is 38.1 Å². The van der Waals surface area contributed by atoms with Gasteiger partial charge in [0.15, 0.2) is 0 Å². The fourth-order valence-corrected chi connectivity index (χ4v) is 5.90. The maximum absolute atomic E-state index is 12.8. The molecule has 1 N–H and O–H groups in total. The number of hydrogen-bond acceptors (Lipinski definition) is 6. The Bertz CT molecular complexity index is 1270. The molecule has 3 aliphatic heterocycles. The van der Waals surface area contributed by atoms with E-state index in [1.165, 1.54) is 0 Å². The predicted molar refractivity (Wildman–Crippen MR) is 138 cm³/mol. The number of ether oxygens (including phenoxy) is 2. The average Bonchev–Trinajstić information content (AvgIpc) is 3.48. The lowest BCUT2D eigenvalue weighted by molar-refractivity contribution is 0.00597. The summed E-state index contributed by atoms with van der Waals surface area (Å²) in [6, 6.07) is 11.3. The molecule has 2 aromatic heterocycles. The molecule has 0 saturated carbocycles. The van der Waals surface area contributed by atoms with Crippen molar-refractivity contribution in [2.75, 3.05) is 11.9 Å². The number of nitrogens with zero attached hydrogens (tertiary/aromatic N) is 4. The van der Waals surface area contributed by atoms with Gasteiger partial charge >= 0.3 is 6.09 Å². The molecule has 0 spiro atoms. The summed E-state index contributed by atoms with van der Waals surface area (Å²) in [6.45, 7) is 6.22. The Hall–Kier alpha value is -3.55. The molecule has 0 radical (unpaired) electrons. The SMILES string of the molecule is CN(c1ccc2c(n1)COc1cc(-c3cn[nH]c3)ccc1-2)C1C[C@H]2CC[C@@H](C1)N2C(=O)OC(C)(C)C. The van der Waals surface area contributed by atoms with Crippen LogP contribution in [0, 0.1) is 0 Å². The first-order valence-corrected chi connectivity index (χ1v) is 12.8. The topological polar surface area (TPSA) is 83.6 Å². The number of H-pyrrole nitrogens is 1. The van der Waals surface area contributed by atoms with Crippen molar-refractivity contribution in [1.29, 1.82) is 0 Å². The summed E-state index contributed by atoms with van der Waals surface area (Å²) in [6.07, 6.45) is 7.46. The minimum atomic E-state index is -0.473. The lowest BCUT2D eigenvalue weighted by atomic mass is 9.96. The van der Waals surface area contributed by atoms with Crippen LogP contribution in [0.3, 0.4) is 0 Å². The van der Waals surface area contributed by atoms with Gasteiger partial charge < -0.3 is 19.3 Å². The van der Waals surface area contributed by atoms with Crippen LogP contribution in [0.4, 0.5) is 10.6 Å². The normalized spacial score (nSPS) is 22.4. The Kier molecular flexibility index (Phi) is 5.43. The van der Waals surface area contributed by atoms with Crippen LogP contribution in [0.1, 0.15) is 52.1 Å². The zero-order valence-electron chi connectivity index (χ0n) is 21.3. The van der Waals surface area contributed by atoms with E-state index >= 15 is 0 Å². The molecule has 1 amide bonds. The Balaban J connectivity index is 1.19. The maximum Gasteiger partial charge on any atom is 0.410 e. The van der Waals surface area contributed by atoms with E-state index in [4.69, 9.17) is 14.5 Å². The lowest BCUT2D eigenvalue weighted by Crippen LogP contribution is -2.53. The Morgan fingerprint density at radius 1 is 1.11 bits per heavy atom. The number of piperidine rings is 1. The van der Waals surface area contributed by atoms with Crippen molar-refractivity contribution < 1.29 is 14.3 Å². The van der Waals surface area contributed by atoms with Crippen molar-refractivity contribution in [2.24, 2.45) is 0 Å². The number of hydrogen-bond donors (Lipinski definition) is 1. The molecule has 2 bridgehead atoms. The van der Waals surface area contributed by atoms with Crippen molar-refractivity contribution in [1.82, 2.24) is 20.1 Å². The van der Waals surface area contributed by atoms with Gasteiger partial charge in [0.25, 0.3) is 0 Å². The number of aromatic amines is 1. The maximum atomic E-state index is 12.8. The van der Waals surface area contributed by atoms with Crippen LogP contribution in [-0.4, -0.2) is 56.9 Å². The van der Waals surface area contributed by atoms with Crippen LogP contribution in [-0.2, 0) is 11.3 Å². The molecule has 36 heavy (non-hydrogen) atoms. The van der Waals surface area contributed by atoms with E-state index in [0.29, 0.717) is 12.6 Å². The van der Waals surface area contributed by atoms with Gasteiger partial charge in [-0.3, -0.25) is 5.10 Å². The van der Waals surface area contributed by atoms with Crippen molar-refractivity contribution >= 4 is 11.9 Å². The van der Waals surface area contributed by atoms with E-state index < -0.39 is 5.60 Å². The van der Waals surface area contributed by atoms with E-state index in [9.17, 15) is 4.79 Å². The van der Waals surface area contributed by atoms with E-state index in [2.05, 4.69) is 52.5 Å². The summed E-state index contributed by atoms with van der Waals surface area (Å²) in [5.74, 6) is 1.82. The molecule has 0 aliphatic carbocycles. The molecule has 8 nitrogen and oxygen atoms in total. The van der Waals surface area contributed by atoms with Crippen LogP contribution >= 0.6 is 0 Å². The first-order valence-electron chi connectivity index (χ1n) is 12.8. The molecule has 6 rings (SSSR count). The van der Waals surface area contributed by atoms with Crippen molar-refractivity contribution in [2.45, 2.75) is 76.8 Å². The van der Waals surface area contributed by atoms with Gasteiger partial charge in [0.05, 0.1) is 11.9 Å². The summed E-state index contributed by atoms with van der Waals surface area (Å²) < 4.78 is 11.8. The number of benzene rings is 1. The lowest BCUT2D eigenvalue weighted by Gasteiger charge is -2.42. The number of nitrogens with one attached hydrogen (secondary N) is 1. The third-order valence-electron chi connectivity index (χ3n) is 7.65. The summed E-state index contributed by atoms with van der Waals surface area (Å²) in [4.78, 5) is 22.1. The highest BCUT2D eigenvalue weighted by atomic mass is 16.6. The molecule has 3 atom stereocenters. The van der Waals surface area contributed by atoms with Gasteiger partial charge in [0, 0.05) is 48.1 Å². The molecule has 3 aromatic rings. The van der Waals surface area contributed by atoms with Gasteiger partial charge in [0.1, 0.15) is 23.8 Å². The van der Waals surface area contributed by atoms with Gasteiger partial charge in [-0.15, -0.1) is 0 Å². The smallest absolute Gasteiger partial charge is 0.410 e. The highest BCUT2D eigenvalue weighted by Crippen LogP contribution is 2.42. The standard InChI is InChI=1S/C28H33N5O3/c1-28(2,3)36-27(34)33-19-6-7-20(33)13-21(12-19)32(4)26-10-9-22-23-8-5-17(18-14-29-30-15-18)11-25(23)35-16-24(22)31-26/h5,8-11,14-15,19-21H,6-7,12-13,16H2,1-4H3,(H,29,30)/t19-,20+,21?. The predicted octanol–water partition coefficient (Wildman–Crippen LogP) is 5.40. The number of fused-ring (bicyclic) bond motifs is 5. The summed E-state index contributed by atoms with van der Waals surface area (Å²) in [5, 5.41) is 6.91. The van der Waals surface area contributed by atoms with Gasteiger partial charge in [-0.05, 0) is 76.3 Å².